The normalized spacial score (nSPS) is 11.2. The van der Waals surface area contributed by atoms with Gasteiger partial charge in [0.1, 0.15) is 0 Å². The highest BCUT2D eigenvalue weighted by Crippen LogP contribution is 2.12. The molecule has 0 aliphatic heterocycles. The second-order valence-electron chi connectivity index (χ2n) is 4.06. The van der Waals surface area contributed by atoms with Crippen LogP contribution in [0.15, 0.2) is 17.8 Å². The summed E-state index contributed by atoms with van der Waals surface area (Å²) in [6.45, 7) is 4.60. The maximum absolute atomic E-state index is 11.8. The lowest BCUT2D eigenvalue weighted by Crippen LogP contribution is -2.29. The first-order valence-electron chi connectivity index (χ1n) is 5.93. The van der Waals surface area contributed by atoms with Gasteiger partial charge in [-0.2, -0.15) is 0 Å². The fourth-order valence-electron chi connectivity index (χ4n) is 1.84. The zero-order valence-corrected chi connectivity index (χ0v) is 11.0. The summed E-state index contributed by atoms with van der Waals surface area (Å²) in [5.74, 6) is 0.255. The Labute approximate surface area is 105 Å². The van der Waals surface area contributed by atoms with Crippen LogP contribution in [-0.4, -0.2) is 15.3 Å². The number of aromatic nitrogens is 2. The molecule has 0 saturated heterocycles. The van der Waals surface area contributed by atoms with Crippen molar-refractivity contribution in [3.05, 3.63) is 23.5 Å². The lowest BCUT2D eigenvalue weighted by Gasteiger charge is -2.11. The van der Waals surface area contributed by atoms with E-state index in [1.165, 1.54) is 0 Å². The predicted molar refractivity (Wildman–Crippen MR) is 69.0 cm³/mol. The van der Waals surface area contributed by atoms with Crippen molar-refractivity contribution in [1.29, 1.82) is 0 Å². The molecule has 0 saturated carbocycles. The van der Waals surface area contributed by atoms with E-state index in [-0.39, 0.29) is 11.8 Å². The third-order valence-corrected chi connectivity index (χ3v) is 3.71. The Bertz CT molecular complexity index is 470. The molecule has 92 valence electrons. The van der Waals surface area contributed by atoms with Gasteiger partial charge in [-0.05, 0) is 12.8 Å². The van der Waals surface area contributed by atoms with Gasteiger partial charge in [-0.25, -0.2) is 4.98 Å². The van der Waals surface area contributed by atoms with Gasteiger partial charge in [-0.1, -0.05) is 13.8 Å². The second-order valence-corrected chi connectivity index (χ2v) is 4.93. The number of amides is 1. The minimum atomic E-state index is 0.124. The topological polar surface area (TPSA) is 46.4 Å². The Kier molecular flexibility index (Phi) is 3.78. The van der Waals surface area contributed by atoms with Crippen molar-refractivity contribution in [3.63, 3.8) is 0 Å². The SMILES string of the molecule is CCC(CC)C(=O)NCc1cn2ccsc2n1. The first-order valence-corrected chi connectivity index (χ1v) is 6.81. The van der Waals surface area contributed by atoms with Gasteiger partial charge in [-0.3, -0.25) is 9.20 Å². The van der Waals surface area contributed by atoms with Gasteiger partial charge < -0.3 is 5.32 Å². The number of thiazole rings is 1. The molecule has 2 aromatic rings. The van der Waals surface area contributed by atoms with E-state index in [2.05, 4.69) is 10.3 Å². The quantitative estimate of drug-likeness (QED) is 0.887. The lowest BCUT2D eigenvalue weighted by atomic mass is 10.0. The van der Waals surface area contributed by atoms with E-state index in [4.69, 9.17) is 0 Å². The van der Waals surface area contributed by atoms with Gasteiger partial charge in [0, 0.05) is 23.7 Å². The number of hydrogen-bond donors (Lipinski definition) is 1. The number of carbonyl (C=O) groups is 1. The lowest BCUT2D eigenvalue weighted by molar-refractivity contribution is -0.125. The zero-order chi connectivity index (χ0) is 12.3. The molecule has 4 nitrogen and oxygen atoms in total. The van der Waals surface area contributed by atoms with E-state index in [0.717, 1.165) is 23.5 Å². The molecule has 1 amide bonds. The predicted octanol–water partition coefficient (Wildman–Crippen LogP) is 2.45. The number of fused-ring (bicyclic) bond motifs is 1. The van der Waals surface area contributed by atoms with Crippen LogP contribution < -0.4 is 5.32 Å². The standard InChI is InChI=1S/C12H17N3OS/c1-3-9(4-2)11(16)13-7-10-8-15-5-6-17-12(15)14-10/h5-6,8-9H,3-4,7H2,1-2H3,(H,13,16). The van der Waals surface area contributed by atoms with Crippen LogP contribution in [0, 0.1) is 5.92 Å². The number of nitrogens with zero attached hydrogens (tertiary/aromatic N) is 2. The maximum Gasteiger partial charge on any atom is 0.223 e. The second kappa shape index (κ2) is 5.31. The summed E-state index contributed by atoms with van der Waals surface area (Å²) in [5.41, 5.74) is 0.913. The number of imidazole rings is 1. The van der Waals surface area contributed by atoms with Crippen LogP contribution in [0.2, 0.25) is 0 Å². The molecule has 0 aliphatic carbocycles. The van der Waals surface area contributed by atoms with Gasteiger partial charge in [0.25, 0.3) is 0 Å². The van der Waals surface area contributed by atoms with Crippen molar-refractivity contribution in [2.24, 2.45) is 5.92 Å². The van der Waals surface area contributed by atoms with E-state index >= 15 is 0 Å². The molecule has 0 aliphatic rings. The van der Waals surface area contributed by atoms with Crippen molar-refractivity contribution in [2.45, 2.75) is 33.2 Å². The molecule has 1 N–H and O–H groups in total. The van der Waals surface area contributed by atoms with Crippen molar-refractivity contribution in [1.82, 2.24) is 14.7 Å². The van der Waals surface area contributed by atoms with Gasteiger partial charge in [0.15, 0.2) is 4.96 Å². The Morgan fingerprint density at radius 3 is 2.94 bits per heavy atom. The molecule has 2 heterocycles. The summed E-state index contributed by atoms with van der Waals surface area (Å²) < 4.78 is 1.98. The number of nitrogens with one attached hydrogen (secondary N) is 1. The van der Waals surface area contributed by atoms with Gasteiger partial charge in [0.2, 0.25) is 5.91 Å². The first kappa shape index (κ1) is 12.1. The van der Waals surface area contributed by atoms with Gasteiger partial charge in [-0.15, -0.1) is 11.3 Å². The van der Waals surface area contributed by atoms with Crippen LogP contribution in [0.1, 0.15) is 32.4 Å². The summed E-state index contributed by atoms with van der Waals surface area (Å²) in [4.78, 5) is 17.2. The van der Waals surface area contributed by atoms with Crippen molar-refractivity contribution in [2.75, 3.05) is 0 Å². The number of carbonyl (C=O) groups excluding carboxylic acids is 1. The Morgan fingerprint density at radius 1 is 1.53 bits per heavy atom. The minimum absolute atomic E-state index is 0.124. The van der Waals surface area contributed by atoms with Crippen LogP contribution in [0.4, 0.5) is 0 Å². The van der Waals surface area contributed by atoms with Gasteiger partial charge >= 0.3 is 0 Å². The van der Waals surface area contributed by atoms with Crippen LogP contribution >= 0.6 is 11.3 Å². The fraction of sp³-hybridized carbons (Fsp3) is 0.500. The fourth-order valence-corrected chi connectivity index (χ4v) is 2.56. The van der Waals surface area contributed by atoms with Crippen molar-refractivity contribution >= 4 is 22.2 Å². The summed E-state index contributed by atoms with van der Waals surface area (Å²) in [7, 11) is 0. The zero-order valence-electron chi connectivity index (χ0n) is 10.1. The molecule has 0 aromatic carbocycles. The highest BCUT2D eigenvalue weighted by atomic mass is 32.1. The van der Waals surface area contributed by atoms with Crippen LogP contribution in [0.3, 0.4) is 0 Å². The third-order valence-electron chi connectivity index (χ3n) is 2.94. The smallest absolute Gasteiger partial charge is 0.223 e. The van der Waals surface area contributed by atoms with Crippen molar-refractivity contribution < 1.29 is 4.79 Å². The van der Waals surface area contributed by atoms with E-state index in [1.807, 2.05) is 36.0 Å². The molecule has 2 aromatic heterocycles. The summed E-state index contributed by atoms with van der Waals surface area (Å²) in [6, 6.07) is 0. The average Bonchev–Trinajstić information content (AvgIpc) is 2.88. The highest BCUT2D eigenvalue weighted by molar-refractivity contribution is 7.15. The van der Waals surface area contributed by atoms with Crippen LogP contribution in [0.5, 0.6) is 0 Å². The summed E-state index contributed by atoms with van der Waals surface area (Å²) in [5, 5.41) is 4.94. The molecule has 5 heteroatoms. The first-order chi connectivity index (χ1) is 8.24. The summed E-state index contributed by atoms with van der Waals surface area (Å²) >= 11 is 1.60. The molecule has 17 heavy (non-hydrogen) atoms. The molecule has 0 spiro atoms. The molecule has 0 bridgehead atoms. The Morgan fingerprint density at radius 2 is 2.29 bits per heavy atom. The molecule has 0 fully saturated rings. The third kappa shape index (κ3) is 2.66. The summed E-state index contributed by atoms with van der Waals surface area (Å²) in [6.07, 6.45) is 5.71. The van der Waals surface area contributed by atoms with E-state index in [9.17, 15) is 4.79 Å². The molecule has 2 rings (SSSR count). The van der Waals surface area contributed by atoms with Crippen LogP contribution in [0.25, 0.3) is 4.96 Å². The van der Waals surface area contributed by atoms with E-state index < -0.39 is 0 Å². The van der Waals surface area contributed by atoms with Gasteiger partial charge in [0.05, 0.1) is 12.2 Å². The average molecular weight is 251 g/mol. The van der Waals surface area contributed by atoms with Crippen LogP contribution in [-0.2, 0) is 11.3 Å². The van der Waals surface area contributed by atoms with Crippen molar-refractivity contribution in [3.8, 4) is 0 Å². The Balaban J connectivity index is 1.94. The minimum Gasteiger partial charge on any atom is -0.350 e. The van der Waals surface area contributed by atoms with E-state index in [1.54, 1.807) is 11.3 Å². The largest absolute Gasteiger partial charge is 0.350 e. The molecular weight excluding hydrogens is 234 g/mol. The number of hydrogen-bond acceptors (Lipinski definition) is 3. The maximum atomic E-state index is 11.8. The molecule has 0 radical (unpaired) electrons. The number of rotatable bonds is 5. The monoisotopic (exact) mass is 251 g/mol. The Hall–Kier alpha value is -1.36. The molecule has 0 atom stereocenters. The van der Waals surface area contributed by atoms with E-state index in [0.29, 0.717) is 6.54 Å². The molecular formula is C12H17N3OS. The highest BCUT2D eigenvalue weighted by Gasteiger charge is 2.13. The molecule has 0 unspecified atom stereocenters.